The molecule has 2 rings (SSSR count). The highest BCUT2D eigenvalue weighted by Gasteiger charge is 2.27. The van der Waals surface area contributed by atoms with Crippen LogP contribution < -0.4 is 4.74 Å². The number of alkyl halides is 1. The van der Waals surface area contributed by atoms with E-state index in [9.17, 15) is 9.18 Å². The Balaban J connectivity index is 2.19. The Bertz CT molecular complexity index is 562. The molecule has 114 valence electrons. The summed E-state index contributed by atoms with van der Waals surface area (Å²) in [7, 11) is 3.25. The maximum Gasteiger partial charge on any atom is 0.240 e. The highest BCUT2D eigenvalue weighted by Crippen LogP contribution is 2.30. The molecule has 1 aliphatic heterocycles. The van der Waals surface area contributed by atoms with Gasteiger partial charge >= 0.3 is 0 Å². The Morgan fingerprint density at radius 2 is 2.19 bits per heavy atom. The standard InChI is InChI=1S/C15H17FINO3/c1-18-14(6-5-13(17)15(18)19)11-4-3-10(9-12(11)16)21-8-7-20-2/h3-4,6,9,13H,5,7-8H2,1-2H3. The van der Waals surface area contributed by atoms with Crippen LogP contribution in [0.25, 0.3) is 5.70 Å². The molecule has 1 heterocycles. The van der Waals surface area contributed by atoms with E-state index in [2.05, 4.69) is 22.6 Å². The molecule has 1 amide bonds. The van der Waals surface area contributed by atoms with E-state index in [0.29, 0.717) is 36.6 Å². The lowest BCUT2D eigenvalue weighted by Crippen LogP contribution is -2.35. The molecule has 0 aromatic heterocycles. The first-order chi connectivity index (χ1) is 10.0. The monoisotopic (exact) mass is 405 g/mol. The minimum absolute atomic E-state index is 0.00655. The number of ether oxygens (including phenoxy) is 2. The van der Waals surface area contributed by atoms with Gasteiger partial charge in [0.2, 0.25) is 5.91 Å². The number of amides is 1. The molecule has 1 aromatic carbocycles. The van der Waals surface area contributed by atoms with Crippen LogP contribution in [0.5, 0.6) is 5.75 Å². The summed E-state index contributed by atoms with van der Waals surface area (Å²) < 4.78 is 24.4. The van der Waals surface area contributed by atoms with Gasteiger partial charge in [-0.25, -0.2) is 4.39 Å². The molecule has 0 fully saturated rings. The summed E-state index contributed by atoms with van der Waals surface area (Å²) in [5, 5.41) is 0. The van der Waals surface area contributed by atoms with E-state index in [4.69, 9.17) is 9.47 Å². The fourth-order valence-electron chi connectivity index (χ4n) is 2.11. The van der Waals surface area contributed by atoms with Crippen LogP contribution in [0, 0.1) is 5.82 Å². The highest BCUT2D eigenvalue weighted by atomic mass is 127. The van der Waals surface area contributed by atoms with Gasteiger partial charge in [-0.3, -0.25) is 4.79 Å². The first kappa shape index (κ1) is 16.2. The van der Waals surface area contributed by atoms with Gasteiger partial charge in [0.25, 0.3) is 0 Å². The number of methoxy groups -OCH3 is 1. The van der Waals surface area contributed by atoms with Gasteiger partial charge in [-0.05, 0) is 18.6 Å². The third kappa shape index (κ3) is 3.74. The Morgan fingerprint density at radius 3 is 2.86 bits per heavy atom. The van der Waals surface area contributed by atoms with E-state index >= 15 is 0 Å². The van der Waals surface area contributed by atoms with Gasteiger partial charge in [0, 0.05) is 31.5 Å². The van der Waals surface area contributed by atoms with Crippen molar-refractivity contribution < 1.29 is 18.7 Å². The van der Waals surface area contributed by atoms with Crippen LogP contribution in [0.3, 0.4) is 0 Å². The molecule has 1 aromatic rings. The summed E-state index contributed by atoms with van der Waals surface area (Å²) in [5.74, 6) is 0.0427. The lowest BCUT2D eigenvalue weighted by Gasteiger charge is -2.28. The van der Waals surface area contributed by atoms with Gasteiger partial charge in [0.05, 0.1) is 10.5 Å². The minimum Gasteiger partial charge on any atom is -0.491 e. The van der Waals surface area contributed by atoms with Crippen LogP contribution in [0.1, 0.15) is 12.0 Å². The van der Waals surface area contributed by atoms with Crippen LogP contribution in [-0.4, -0.2) is 42.1 Å². The van der Waals surface area contributed by atoms with Crippen molar-refractivity contribution in [2.45, 2.75) is 10.3 Å². The van der Waals surface area contributed by atoms with Crippen molar-refractivity contribution in [2.24, 2.45) is 0 Å². The number of benzene rings is 1. The number of allylic oxidation sites excluding steroid dienone is 1. The molecule has 0 saturated heterocycles. The molecular weight excluding hydrogens is 388 g/mol. The third-order valence-electron chi connectivity index (χ3n) is 3.25. The number of hydrogen-bond donors (Lipinski definition) is 0. The minimum atomic E-state index is -0.400. The van der Waals surface area contributed by atoms with E-state index in [1.807, 2.05) is 6.08 Å². The van der Waals surface area contributed by atoms with E-state index in [1.54, 1.807) is 26.3 Å². The largest absolute Gasteiger partial charge is 0.491 e. The topological polar surface area (TPSA) is 38.8 Å². The molecule has 0 bridgehead atoms. The van der Waals surface area contributed by atoms with Crippen LogP contribution in [0.2, 0.25) is 0 Å². The van der Waals surface area contributed by atoms with Gasteiger partial charge in [-0.1, -0.05) is 28.7 Å². The van der Waals surface area contributed by atoms with E-state index in [-0.39, 0.29) is 9.83 Å². The van der Waals surface area contributed by atoms with Crippen molar-refractivity contribution in [3.8, 4) is 5.75 Å². The smallest absolute Gasteiger partial charge is 0.240 e. The quantitative estimate of drug-likeness (QED) is 0.430. The molecule has 0 N–H and O–H groups in total. The predicted molar refractivity (Wildman–Crippen MR) is 86.9 cm³/mol. The maximum atomic E-state index is 14.2. The number of nitrogens with zero attached hydrogens (tertiary/aromatic N) is 1. The van der Waals surface area contributed by atoms with E-state index < -0.39 is 5.82 Å². The average Bonchev–Trinajstić information content (AvgIpc) is 2.46. The molecule has 4 nitrogen and oxygen atoms in total. The average molecular weight is 405 g/mol. The number of carbonyl (C=O) groups excluding carboxylic acids is 1. The van der Waals surface area contributed by atoms with Gasteiger partial charge in [0.1, 0.15) is 18.2 Å². The van der Waals surface area contributed by atoms with Gasteiger partial charge < -0.3 is 14.4 Å². The number of hydrogen-bond acceptors (Lipinski definition) is 3. The van der Waals surface area contributed by atoms with Crippen molar-refractivity contribution in [2.75, 3.05) is 27.4 Å². The van der Waals surface area contributed by atoms with Gasteiger partial charge in [-0.15, -0.1) is 0 Å². The fraction of sp³-hybridized carbons (Fsp3) is 0.400. The molecular formula is C15H17FINO3. The van der Waals surface area contributed by atoms with E-state index in [0.717, 1.165) is 0 Å². The zero-order chi connectivity index (χ0) is 15.4. The van der Waals surface area contributed by atoms with Crippen molar-refractivity contribution in [3.63, 3.8) is 0 Å². The molecule has 0 saturated carbocycles. The third-order valence-corrected chi connectivity index (χ3v) is 4.29. The lowest BCUT2D eigenvalue weighted by molar-refractivity contribution is -0.126. The van der Waals surface area contributed by atoms with Gasteiger partial charge in [0.15, 0.2) is 0 Å². The summed E-state index contributed by atoms with van der Waals surface area (Å²) in [6.45, 7) is 0.815. The second kappa shape index (κ2) is 7.22. The second-order valence-corrected chi connectivity index (χ2v) is 6.18. The van der Waals surface area contributed by atoms with Crippen LogP contribution in [0.4, 0.5) is 4.39 Å². The normalized spacial score (nSPS) is 18.7. The van der Waals surface area contributed by atoms with Crippen molar-refractivity contribution >= 4 is 34.2 Å². The SMILES string of the molecule is COCCOc1ccc(C2=CCC(I)C(=O)N2C)c(F)c1. The molecule has 0 spiro atoms. The first-order valence-corrected chi connectivity index (χ1v) is 7.82. The summed E-state index contributed by atoms with van der Waals surface area (Å²) in [6, 6.07) is 4.67. The van der Waals surface area contributed by atoms with Crippen molar-refractivity contribution in [1.29, 1.82) is 0 Å². The molecule has 1 aliphatic rings. The molecule has 1 unspecified atom stereocenters. The summed E-state index contributed by atoms with van der Waals surface area (Å²) >= 11 is 2.10. The Morgan fingerprint density at radius 1 is 1.43 bits per heavy atom. The second-order valence-electron chi connectivity index (χ2n) is 4.67. The number of rotatable bonds is 5. The van der Waals surface area contributed by atoms with E-state index in [1.165, 1.54) is 11.0 Å². The Kier molecular flexibility index (Phi) is 5.58. The molecule has 0 aliphatic carbocycles. The molecule has 21 heavy (non-hydrogen) atoms. The lowest BCUT2D eigenvalue weighted by atomic mass is 10.0. The first-order valence-electron chi connectivity index (χ1n) is 6.58. The Labute approximate surface area is 137 Å². The zero-order valence-electron chi connectivity index (χ0n) is 11.9. The van der Waals surface area contributed by atoms with Crippen LogP contribution in [-0.2, 0) is 9.53 Å². The zero-order valence-corrected chi connectivity index (χ0v) is 14.1. The summed E-state index contributed by atoms with van der Waals surface area (Å²) in [5.41, 5.74) is 1.02. The van der Waals surface area contributed by atoms with Crippen LogP contribution >= 0.6 is 22.6 Å². The fourth-order valence-corrected chi connectivity index (χ4v) is 2.78. The predicted octanol–water partition coefficient (Wildman–Crippen LogP) is 2.86. The molecule has 6 heteroatoms. The summed E-state index contributed by atoms with van der Waals surface area (Å²) in [4.78, 5) is 13.5. The number of halogens is 2. The van der Waals surface area contributed by atoms with Crippen LogP contribution in [0.15, 0.2) is 24.3 Å². The summed E-state index contributed by atoms with van der Waals surface area (Å²) in [6.07, 6.45) is 2.51. The van der Waals surface area contributed by atoms with Crippen molar-refractivity contribution in [3.05, 3.63) is 35.7 Å². The maximum absolute atomic E-state index is 14.2. The number of carbonyl (C=O) groups is 1. The highest BCUT2D eigenvalue weighted by molar-refractivity contribution is 14.1. The van der Waals surface area contributed by atoms with Crippen molar-refractivity contribution in [1.82, 2.24) is 4.90 Å². The molecule has 0 radical (unpaired) electrons. The van der Waals surface area contributed by atoms with Gasteiger partial charge in [-0.2, -0.15) is 0 Å². The molecule has 1 atom stereocenters. The Hall–Kier alpha value is -1.15.